The summed E-state index contributed by atoms with van der Waals surface area (Å²) < 4.78 is 22.5. The van der Waals surface area contributed by atoms with Crippen molar-refractivity contribution in [3.05, 3.63) is 30.3 Å². The number of para-hydroxylation sites is 1. The Kier molecular flexibility index (Phi) is 2.90. The lowest BCUT2D eigenvalue weighted by atomic mass is 10.3. The summed E-state index contributed by atoms with van der Waals surface area (Å²) in [6, 6.07) is 9.18. The predicted molar refractivity (Wildman–Crippen MR) is 54.7 cm³/mol. The van der Waals surface area contributed by atoms with Gasteiger partial charge in [0.2, 0.25) is 0 Å². The third-order valence-electron chi connectivity index (χ3n) is 2.10. The molecule has 0 saturated carbocycles. The van der Waals surface area contributed by atoms with Crippen molar-refractivity contribution >= 4 is 7.60 Å². The summed E-state index contributed by atoms with van der Waals surface area (Å²) in [4.78, 5) is 0. The Labute approximate surface area is 83.6 Å². The average Bonchev–Trinajstić information content (AvgIpc) is 2.19. The van der Waals surface area contributed by atoms with E-state index in [9.17, 15) is 4.57 Å². The van der Waals surface area contributed by atoms with Gasteiger partial charge in [0.25, 0.3) is 0 Å². The Bertz CT molecular complexity index is 326. The summed E-state index contributed by atoms with van der Waals surface area (Å²) in [6.07, 6.45) is 2.42. The highest BCUT2D eigenvalue weighted by Gasteiger charge is 2.28. The monoisotopic (exact) mass is 212 g/mol. The van der Waals surface area contributed by atoms with Crippen LogP contribution in [-0.4, -0.2) is 12.8 Å². The lowest BCUT2D eigenvalue weighted by molar-refractivity contribution is 0.241. The number of hydrogen-bond donors (Lipinski definition) is 0. The highest BCUT2D eigenvalue weighted by Crippen LogP contribution is 2.51. The maximum Gasteiger partial charge on any atom is 0.379 e. The van der Waals surface area contributed by atoms with Crippen molar-refractivity contribution in [1.29, 1.82) is 0 Å². The van der Waals surface area contributed by atoms with Gasteiger partial charge in [-0.15, -0.1) is 0 Å². The molecule has 0 aromatic heterocycles. The number of rotatable bonds is 2. The first kappa shape index (κ1) is 9.75. The SMILES string of the molecule is O=P1(Oc2ccccc2)CCCCO1. The molecule has 0 bridgehead atoms. The molecule has 0 radical (unpaired) electrons. The van der Waals surface area contributed by atoms with Crippen LogP contribution in [0.25, 0.3) is 0 Å². The van der Waals surface area contributed by atoms with Gasteiger partial charge >= 0.3 is 7.60 Å². The van der Waals surface area contributed by atoms with E-state index in [1.54, 1.807) is 12.1 Å². The molecule has 14 heavy (non-hydrogen) atoms. The molecule has 0 aliphatic carbocycles. The molecular formula is C10H13O3P. The largest absolute Gasteiger partial charge is 0.424 e. The molecule has 0 N–H and O–H groups in total. The van der Waals surface area contributed by atoms with E-state index < -0.39 is 7.60 Å². The fraction of sp³-hybridized carbons (Fsp3) is 0.400. The van der Waals surface area contributed by atoms with E-state index in [0.29, 0.717) is 18.5 Å². The van der Waals surface area contributed by atoms with E-state index in [0.717, 1.165) is 12.8 Å². The zero-order chi connectivity index (χ0) is 9.86. The third kappa shape index (κ3) is 2.37. The van der Waals surface area contributed by atoms with Crippen molar-refractivity contribution in [3.63, 3.8) is 0 Å². The maximum atomic E-state index is 12.0. The van der Waals surface area contributed by atoms with E-state index in [2.05, 4.69) is 0 Å². The van der Waals surface area contributed by atoms with Gasteiger partial charge in [-0.2, -0.15) is 0 Å². The molecule has 1 aromatic carbocycles. The van der Waals surface area contributed by atoms with E-state index in [1.165, 1.54) is 0 Å². The standard InChI is InChI=1S/C10H13O3P/c11-14(9-5-4-8-12-14)13-10-6-2-1-3-7-10/h1-3,6-7H,4-5,8-9H2. The molecule has 76 valence electrons. The van der Waals surface area contributed by atoms with Gasteiger partial charge in [0, 0.05) is 0 Å². The van der Waals surface area contributed by atoms with E-state index in [-0.39, 0.29) is 0 Å². The zero-order valence-electron chi connectivity index (χ0n) is 7.89. The van der Waals surface area contributed by atoms with E-state index >= 15 is 0 Å². The molecule has 1 aliphatic rings. The summed E-state index contributed by atoms with van der Waals surface area (Å²) in [5.41, 5.74) is 0. The first-order chi connectivity index (χ1) is 6.79. The summed E-state index contributed by atoms with van der Waals surface area (Å²) in [7, 11) is -2.84. The quantitative estimate of drug-likeness (QED) is 0.706. The molecule has 4 heteroatoms. The predicted octanol–water partition coefficient (Wildman–Crippen LogP) is 3.07. The van der Waals surface area contributed by atoms with Crippen molar-refractivity contribution in [2.45, 2.75) is 12.8 Å². The highest BCUT2D eigenvalue weighted by molar-refractivity contribution is 7.54. The van der Waals surface area contributed by atoms with Gasteiger partial charge in [-0.25, -0.2) is 4.57 Å². The Morgan fingerprint density at radius 2 is 2.00 bits per heavy atom. The summed E-state index contributed by atoms with van der Waals surface area (Å²) in [6.45, 7) is 0.546. The Morgan fingerprint density at radius 3 is 2.64 bits per heavy atom. The normalized spacial score (nSPS) is 27.1. The van der Waals surface area contributed by atoms with Crippen LogP contribution in [-0.2, 0) is 9.09 Å². The second-order valence-corrected chi connectivity index (χ2v) is 5.39. The van der Waals surface area contributed by atoms with Gasteiger partial charge < -0.3 is 4.52 Å². The molecular weight excluding hydrogens is 199 g/mol. The molecule has 0 amide bonds. The van der Waals surface area contributed by atoms with E-state index in [1.807, 2.05) is 18.2 Å². The van der Waals surface area contributed by atoms with Crippen molar-refractivity contribution in [3.8, 4) is 5.75 Å². The third-order valence-corrected chi connectivity index (χ3v) is 4.03. The van der Waals surface area contributed by atoms with Gasteiger partial charge in [0.1, 0.15) is 5.75 Å². The van der Waals surface area contributed by atoms with Crippen LogP contribution in [0.15, 0.2) is 30.3 Å². The Morgan fingerprint density at radius 1 is 1.21 bits per heavy atom. The molecule has 1 fully saturated rings. The average molecular weight is 212 g/mol. The first-order valence-electron chi connectivity index (χ1n) is 4.77. The van der Waals surface area contributed by atoms with Gasteiger partial charge in [-0.1, -0.05) is 18.2 Å². The lowest BCUT2D eigenvalue weighted by Gasteiger charge is -2.22. The fourth-order valence-electron chi connectivity index (χ4n) is 1.39. The minimum Gasteiger partial charge on any atom is -0.424 e. The molecule has 1 unspecified atom stereocenters. The van der Waals surface area contributed by atoms with Gasteiger partial charge in [0.05, 0.1) is 12.8 Å². The van der Waals surface area contributed by atoms with Gasteiger partial charge in [-0.3, -0.25) is 4.52 Å². The van der Waals surface area contributed by atoms with Crippen molar-refractivity contribution in [1.82, 2.24) is 0 Å². The Hall–Kier alpha value is -0.790. The van der Waals surface area contributed by atoms with Crippen LogP contribution in [0.4, 0.5) is 0 Å². The van der Waals surface area contributed by atoms with Crippen LogP contribution in [0.3, 0.4) is 0 Å². The number of benzene rings is 1. The zero-order valence-corrected chi connectivity index (χ0v) is 8.78. The second-order valence-electron chi connectivity index (χ2n) is 3.28. The molecule has 1 heterocycles. The summed E-state index contributed by atoms with van der Waals surface area (Å²) >= 11 is 0. The van der Waals surface area contributed by atoms with Crippen LogP contribution in [0.2, 0.25) is 0 Å². The van der Waals surface area contributed by atoms with Crippen LogP contribution >= 0.6 is 7.60 Å². The van der Waals surface area contributed by atoms with Crippen LogP contribution in [0.1, 0.15) is 12.8 Å². The molecule has 1 aliphatic heterocycles. The molecule has 1 aromatic rings. The molecule has 2 rings (SSSR count). The second kappa shape index (κ2) is 4.16. The van der Waals surface area contributed by atoms with Crippen LogP contribution in [0.5, 0.6) is 5.75 Å². The number of hydrogen-bond acceptors (Lipinski definition) is 3. The molecule has 3 nitrogen and oxygen atoms in total. The van der Waals surface area contributed by atoms with Crippen LogP contribution < -0.4 is 4.52 Å². The minimum atomic E-state index is -2.84. The maximum absolute atomic E-state index is 12.0. The smallest absolute Gasteiger partial charge is 0.379 e. The molecule has 0 spiro atoms. The lowest BCUT2D eigenvalue weighted by Crippen LogP contribution is -2.09. The Balaban J connectivity index is 2.06. The minimum absolute atomic E-state index is 0.530. The first-order valence-corrected chi connectivity index (χ1v) is 6.50. The molecule has 1 atom stereocenters. The van der Waals surface area contributed by atoms with Crippen LogP contribution in [0, 0.1) is 0 Å². The van der Waals surface area contributed by atoms with Crippen molar-refractivity contribution in [2.24, 2.45) is 0 Å². The highest BCUT2D eigenvalue weighted by atomic mass is 31.2. The fourth-order valence-corrected chi connectivity index (χ4v) is 3.12. The summed E-state index contributed by atoms with van der Waals surface area (Å²) in [5.74, 6) is 0.623. The van der Waals surface area contributed by atoms with Gasteiger partial charge in [-0.05, 0) is 25.0 Å². The topological polar surface area (TPSA) is 35.5 Å². The van der Waals surface area contributed by atoms with Gasteiger partial charge in [0.15, 0.2) is 0 Å². The molecule has 1 saturated heterocycles. The van der Waals surface area contributed by atoms with Crippen molar-refractivity contribution < 1.29 is 13.6 Å². The summed E-state index contributed by atoms with van der Waals surface area (Å²) in [5, 5.41) is 0. The van der Waals surface area contributed by atoms with E-state index in [4.69, 9.17) is 9.05 Å². The van der Waals surface area contributed by atoms with Crippen molar-refractivity contribution in [2.75, 3.05) is 12.8 Å².